The van der Waals surface area contributed by atoms with E-state index in [9.17, 15) is 14.4 Å². The molecular weight excluding hydrogens is 780 g/mol. The van der Waals surface area contributed by atoms with Gasteiger partial charge in [-0.15, -0.1) is 0 Å². The van der Waals surface area contributed by atoms with Crippen molar-refractivity contribution in [1.82, 2.24) is 10.2 Å². The molecular formula is C53H59ClN2O5. The molecule has 61 heavy (non-hydrogen) atoms. The summed E-state index contributed by atoms with van der Waals surface area (Å²) in [7, 11) is 3.17. The SMILES string of the molecule is CN(C)C(=O)[C@H](CC(=O)OC(c1ccccc1)(c1ccc(C2CCCCCCCCCCCC2)cc1)c1ccccc1Cl)NC(=O)OCC1c2ccccc2-c2ccccc21. The predicted molar refractivity (Wildman–Crippen MR) is 244 cm³/mol. The molecule has 5 aromatic carbocycles. The number of alkyl carbamates (subject to hydrolysis) is 1. The van der Waals surface area contributed by atoms with Gasteiger partial charge < -0.3 is 19.7 Å². The molecule has 0 aliphatic heterocycles. The van der Waals surface area contributed by atoms with E-state index in [0.717, 1.165) is 40.7 Å². The molecule has 0 saturated heterocycles. The first-order valence-corrected chi connectivity index (χ1v) is 22.6. The number of amides is 2. The van der Waals surface area contributed by atoms with Gasteiger partial charge in [0, 0.05) is 41.7 Å². The highest BCUT2D eigenvalue weighted by Gasteiger charge is 2.43. The van der Waals surface area contributed by atoms with Gasteiger partial charge in [0.1, 0.15) is 12.6 Å². The molecule has 0 aromatic heterocycles. The molecule has 318 valence electrons. The summed E-state index contributed by atoms with van der Waals surface area (Å²) in [5.74, 6) is -0.877. The van der Waals surface area contributed by atoms with E-state index in [1.54, 1.807) is 20.2 Å². The van der Waals surface area contributed by atoms with Crippen molar-refractivity contribution >= 4 is 29.6 Å². The molecule has 1 N–H and O–H groups in total. The van der Waals surface area contributed by atoms with Crippen LogP contribution in [0.1, 0.15) is 129 Å². The number of fused-ring (bicyclic) bond motifs is 3. The largest absolute Gasteiger partial charge is 0.449 e. The first kappa shape index (κ1) is 43.7. The Kier molecular flexibility index (Phi) is 15.0. The number of carbonyl (C=O) groups excluding carboxylic acids is 3. The summed E-state index contributed by atoms with van der Waals surface area (Å²) in [6.45, 7) is 0.0632. The Bertz CT molecular complexity index is 2180. The van der Waals surface area contributed by atoms with Crippen molar-refractivity contribution in [2.24, 2.45) is 0 Å². The highest BCUT2D eigenvalue weighted by Crippen LogP contribution is 2.46. The normalized spacial score (nSPS) is 16.6. The molecule has 1 fully saturated rings. The van der Waals surface area contributed by atoms with Crippen LogP contribution in [0.25, 0.3) is 11.1 Å². The number of halogens is 1. The Morgan fingerprint density at radius 3 is 1.74 bits per heavy atom. The van der Waals surface area contributed by atoms with Crippen LogP contribution in [0.2, 0.25) is 5.02 Å². The van der Waals surface area contributed by atoms with Crippen LogP contribution in [0.3, 0.4) is 0 Å². The maximum Gasteiger partial charge on any atom is 0.407 e. The fraction of sp³-hybridized carbons (Fsp3) is 0.377. The van der Waals surface area contributed by atoms with E-state index in [2.05, 4.69) is 41.7 Å². The third-order valence-corrected chi connectivity index (χ3v) is 12.9. The van der Waals surface area contributed by atoms with E-state index in [0.29, 0.717) is 22.1 Å². The van der Waals surface area contributed by atoms with Crippen LogP contribution in [0.15, 0.2) is 127 Å². The fourth-order valence-corrected chi connectivity index (χ4v) is 9.68. The average molecular weight is 840 g/mol. The van der Waals surface area contributed by atoms with Gasteiger partial charge in [0.2, 0.25) is 5.91 Å². The molecule has 2 atom stereocenters. The number of esters is 1. The smallest absolute Gasteiger partial charge is 0.407 e. The van der Waals surface area contributed by atoms with Crippen molar-refractivity contribution in [2.45, 2.75) is 107 Å². The zero-order chi connectivity index (χ0) is 42.6. The third-order valence-electron chi connectivity index (χ3n) is 12.6. The Labute approximate surface area is 366 Å². The maximum atomic E-state index is 14.5. The molecule has 0 radical (unpaired) electrons. The number of nitrogens with zero attached hydrogens (tertiary/aromatic N) is 1. The fourth-order valence-electron chi connectivity index (χ4n) is 9.41. The minimum Gasteiger partial charge on any atom is -0.449 e. The van der Waals surface area contributed by atoms with Gasteiger partial charge in [-0.05, 0) is 52.6 Å². The number of benzene rings is 5. The molecule has 0 spiro atoms. The summed E-state index contributed by atoms with van der Waals surface area (Å²) in [6.07, 6.45) is 14.0. The number of rotatable bonds is 11. The lowest BCUT2D eigenvalue weighted by molar-refractivity contribution is -0.155. The number of hydrogen-bond acceptors (Lipinski definition) is 5. The monoisotopic (exact) mass is 838 g/mol. The van der Waals surface area contributed by atoms with E-state index in [1.807, 2.05) is 84.9 Å². The first-order valence-electron chi connectivity index (χ1n) is 22.2. The van der Waals surface area contributed by atoms with E-state index in [4.69, 9.17) is 21.1 Å². The van der Waals surface area contributed by atoms with E-state index in [-0.39, 0.29) is 12.5 Å². The van der Waals surface area contributed by atoms with Gasteiger partial charge in [0.25, 0.3) is 0 Å². The van der Waals surface area contributed by atoms with Gasteiger partial charge in [-0.3, -0.25) is 9.59 Å². The number of hydrogen-bond donors (Lipinski definition) is 1. The standard InChI is InChI=1S/C53H59ClN2O5/c1-56(2)51(58)49(55-52(59)60-37-46-44-28-18-16-26-42(44)43-27-17-19-29-45(43)46)36-50(57)61-53(40-24-14-11-15-25-40,47-30-20-21-31-48(47)54)41-34-32-39(33-35-41)38-22-12-9-7-5-3-4-6-8-10-13-23-38/h11,14-21,24-35,38,46,49H,3-10,12-13,22-23,36-37H2,1-2H3,(H,55,59)/t49-,53?/m0/s1. The highest BCUT2D eigenvalue weighted by molar-refractivity contribution is 6.31. The summed E-state index contributed by atoms with van der Waals surface area (Å²) in [5, 5.41) is 3.14. The van der Waals surface area contributed by atoms with Crippen molar-refractivity contribution in [3.63, 3.8) is 0 Å². The summed E-state index contributed by atoms with van der Waals surface area (Å²) >= 11 is 7.04. The molecule has 2 amide bonds. The van der Waals surface area contributed by atoms with Crippen LogP contribution in [-0.4, -0.2) is 49.6 Å². The lowest BCUT2D eigenvalue weighted by Crippen LogP contribution is -2.48. The van der Waals surface area contributed by atoms with Crippen LogP contribution in [0, 0.1) is 0 Å². The summed E-state index contributed by atoms with van der Waals surface area (Å²) < 4.78 is 12.6. The lowest BCUT2D eigenvalue weighted by Gasteiger charge is -2.36. The van der Waals surface area contributed by atoms with Crippen molar-refractivity contribution in [3.8, 4) is 11.1 Å². The summed E-state index contributed by atoms with van der Waals surface area (Å²) in [5.41, 5.74) is 6.19. The Morgan fingerprint density at radius 1 is 0.656 bits per heavy atom. The Balaban J connectivity index is 1.15. The lowest BCUT2D eigenvalue weighted by atomic mass is 9.78. The quantitative estimate of drug-likeness (QED) is 0.106. The van der Waals surface area contributed by atoms with Gasteiger partial charge in [-0.1, -0.05) is 197 Å². The van der Waals surface area contributed by atoms with E-state index >= 15 is 0 Å². The predicted octanol–water partition coefficient (Wildman–Crippen LogP) is 12.3. The Morgan fingerprint density at radius 2 is 1.16 bits per heavy atom. The highest BCUT2D eigenvalue weighted by atomic mass is 35.5. The van der Waals surface area contributed by atoms with Crippen molar-refractivity contribution in [3.05, 3.63) is 166 Å². The van der Waals surface area contributed by atoms with Crippen LogP contribution in [0.4, 0.5) is 4.79 Å². The molecule has 1 unspecified atom stereocenters. The van der Waals surface area contributed by atoms with Gasteiger partial charge in [-0.25, -0.2) is 4.79 Å². The first-order chi connectivity index (χ1) is 29.8. The van der Waals surface area contributed by atoms with Crippen LogP contribution >= 0.6 is 11.6 Å². The van der Waals surface area contributed by atoms with Gasteiger partial charge in [0.05, 0.1) is 6.42 Å². The van der Waals surface area contributed by atoms with E-state index in [1.165, 1.54) is 74.7 Å². The topological polar surface area (TPSA) is 84.9 Å². The van der Waals surface area contributed by atoms with Crippen LogP contribution in [-0.2, 0) is 24.7 Å². The van der Waals surface area contributed by atoms with Gasteiger partial charge in [-0.2, -0.15) is 0 Å². The summed E-state index contributed by atoms with van der Waals surface area (Å²) in [6, 6.07) is 40.4. The van der Waals surface area contributed by atoms with E-state index < -0.39 is 36.0 Å². The molecule has 1 saturated carbocycles. The molecule has 0 bridgehead atoms. The molecule has 0 heterocycles. The Hall–Kier alpha value is -5.40. The molecule has 2 aliphatic carbocycles. The third kappa shape index (κ3) is 10.4. The zero-order valence-corrected chi connectivity index (χ0v) is 36.4. The molecule has 7 rings (SSSR count). The number of carbonyl (C=O) groups is 3. The van der Waals surface area contributed by atoms with Crippen molar-refractivity contribution < 1.29 is 23.9 Å². The number of ether oxygens (including phenoxy) is 2. The second-order valence-electron chi connectivity index (χ2n) is 16.9. The van der Waals surface area contributed by atoms with Crippen molar-refractivity contribution in [2.75, 3.05) is 20.7 Å². The molecule has 5 aromatic rings. The minimum absolute atomic E-state index is 0.0632. The maximum absolute atomic E-state index is 14.5. The summed E-state index contributed by atoms with van der Waals surface area (Å²) in [4.78, 5) is 43.1. The van der Waals surface area contributed by atoms with Gasteiger partial charge >= 0.3 is 12.1 Å². The number of nitrogens with one attached hydrogen (secondary N) is 1. The van der Waals surface area contributed by atoms with Crippen LogP contribution in [0.5, 0.6) is 0 Å². The second kappa shape index (κ2) is 20.9. The minimum atomic E-state index is -1.48. The van der Waals surface area contributed by atoms with Gasteiger partial charge in [0.15, 0.2) is 5.60 Å². The zero-order valence-electron chi connectivity index (χ0n) is 35.6. The molecule has 8 heteroatoms. The van der Waals surface area contributed by atoms with Crippen molar-refractivity contribution in [1.29, 1.82) is 0 Å². The number of likely N-dealkylation sites (N-methyl/N-ethyl adjacent to an activating group) is 1. The van der Waals surface area contributed by atoms with Crippen LogP contribution < -0.4 is 5.32 Å². The second-order valence-corrected chi connectivity index (χ2v) is 17.3. The molecule has 7 nitrogen and oxygen atoms in total. The molecule has 2 aliphatic rings. The average Bonchev–Trinajstić information content (AvgIpc) is 3.61.